The number of piperazine rings is 3. The Morgan fingerprint density at radius 1 is 1.12 bits per heavy atom. The lowest BCUT2D eigenvalue weighted by Gasteiger charge is -2.47. The summed E-state index contributed by atoms with van der Waals surface area (Å²) in [6.45, 7) is 13.6. The highest BCUT2D eigenvalue weighted by Crippen LogP contribution is 2.15. The molecule has 1 atom stereocenters. The van der Waals surface area contributed by atoms with Gasteiger partial charge in [0.2, 0.25) is 0 Å². The van der Waals surface area contributed by atoms with E-state index in [-0.39, 0.29) is 30.1 Å². The maximum atomic E-state index is 12.1. The van der Waals surface area contributed by atoms with Crippen LogP contribution in [-0.2, 0) is 17.8 Å². The largest absolute Gasteiger partial charge is 0.444 e. The molecule has 4 rings (SSSR count). The summed E-state index contributed by atoms with van der Waals surface area (Å²) in [7, 11) is 3.56. The van der Waals surface area contributed by atoms with Gasteiger partial charge in [-0.1, -0.05) is 24.3 Å². The number of rotatable bonds is 6. The highest BCUT2D eigenvalue weighted by atomic mass is 127. The van der Waals surface area contributed by atoms with Crippen molar-refractivity contribution in [3.8, 4) is 0 Å². The lowest BCUT2D eigenvalue weighted by Crippen LogP contribution is -2.63. The molecule has 0 aliphatic carbocycles. The molecule has 180 valence electrons. The Hall–Kier alpha value is -1.59. The van der Waals surface area contributed by atoms with E-state index in [1.807, 2.05) is 27.8 Å². The first-order valence-electron chi connectivity index (χ1n) is 11.2. The van der Waals surface area contributed by atoms with E-state index in [9.17, 15) is 4.79 Å². The van der Waals surface area contributed by atoms with Crippen LogP contribution in [0.1, 0.15) is 31.9 Å². The zero-order valence-electron chi connectivity index (χ0n) is 20.1. The molecule has 0 aromatic heterocycles. The summed E-state index contributed by atoms with van der Waals surface area (Å²) in [6, 6.07) is 8.82. The second-order valence-corrected chi connectivity index (χ2v) is 9.45. The van der Waals surface area contributed by atoms with Crippen LogP contribution in [0.25, 0.3) is 0 Å². The topological polar surface area (TPSA) is 72.4 Å². The Balaban J connectivity index is 0.00000363. The molecule has 0 spiro atoms. The van der Waals surface area contributed by atoms with Gasteiger partial charge in [0.15, 0.2) is 5.96 Å². The Morgan fingerprint density at radius 2 is 1.75 bits per heavy atom. The van der Waals surface area contributed by atoms with Crippen LogP contribution < -0.4 is 10.6 Å². The molecule has 9 heteroatoms. The SMILES string of the molecule is CN=C(NCc1ccc(CN(C)C(=O)OC(C)(C)C)cc1)NCC1CN2CCN1CC2.I. The molecule has 1 aromatic carbocycles. The Kier molecular flexibility index (Phi) is 10.0. The molecular weight excluding hydrogens is 519 g/mol. The number of halogens is 1. The highest BCUT2D eigenvalue weighted by Gasteiger charge is 2.31. The number of nitrogens with one attached hydrogen (secondary N) is 2. The normalized spacial score (nSPS) is 22.7. The summed E-state index contributed by atoms with van der Waals surface area (Å²) in [5.74, 6) is 0.825. The number of carbonyl (C=O) groups is 1. The van der Waals surface area contributed by atoms with Gasteiger partial charge in [0.25, 0.3) is 0 Å². The monoisotopic (exact) mass is 558 g/mol. The van der Waals surface area contributed by atoms with E-state index in [1.54, 1.807) is 11.9 Å². The number of nitrogens with zero attached hydrogens (tertiary/aromatic N) is 4. The van der Waals surface area contributed by atoms with Crippen molar-refractivity contribution < 1.29 is 9.53 Å². The molecule has 1 amide bonds. The third kappa shape index (κ3) is 8.08. The van der Waals surface area contributed by atoms with Crippen molar-refractivity contribution >= 4 is 36.0 Å². The van der Waals surface area contributed by atoms with Crippen LogP contribution in [0.4, 0.5) is 4.79 Å². The molecule has 3 aliphatic heterocycles. The highest BCUT2D eigenvalue weighted by molar-refractivity contribution is 14.0. The molecule has 8 nitrogen and oxygen atoms in total. The quantitative estimate of drug-likeness (QED) is 0.318. The van der Waals surface area contributed by atoms with E-state index in [1.165, 1.54) is 31.7 Å². The third-order valence-corrected chi connectivity index (χ3v) is 5.73. The van der Waals surface area contributed by atoms with Crippen LogP contribution in [0, 0.1) is 0 Å². The standard InChI is InChI=1S/C23H38N6O2.HI/c1-23(2,3)31-22(30)27(5)16-19-8-6-18(7-9-19)14-25-21(24-4)26-15-20-17-28-10-12-29(20)13-11-28;/h6-9,20H,10-17H2,1-5H3,(H2,24,25,26);1H. The first kappa shape index (κ1) is 26.7. The minimum Gasteiger partial charge on any atom is -0.444 e. The molecule has 2 bridgehead atoms. The zero-order chi connectivity index (χ0) is 22.4. The van der Waals surface area contributed by atoms with Gasteiger partial charge in [-0.2, -0.15) is 0 Å². The fourth-order valence-corrected chi connectivity index (χ4v) is 3.98. The summed E-state index contributed by atoms with van der Waals surface area (Å²) in [4.78, 5) is 23.2. The molecule has 1 aromatic rings. The Bertz CT molecular complexity index is 757. The van der Waals surface area contributed by atoms with E-state index < -0.39 is 5.60 Å². The van der Waals surface area contributed by atoms with Crippen LogP contribution in [0.15, 0.2) is 29.3 Å². The minimum absolute atomic E-state index is 0. The van der Waals surface area contributed by atoms with Gasteiger partial charge in [-0.3, -0.25) is 14.8 Å². The fourth-order valence-electron chi connectivity index (χ4n) is 3.98. The van der Waals surface area contributed by atoms with Gasteiger partial charge in [0.1, 0.15) is 5.60 Å². The number of hydrogen-bond acceptors (Lipinski definition) is 5. The van der Waals surface area contributed by atoms with Crippen LogP contribution in [-0.4, -0.2) is 91.8 Å². The summed E-state index contributed by atoms with van der Waals surface area (Å²) in [6.07, 6.45) is -0.313. The van der Waals surface area contributed by atoms with Crippen molar-refractivity contribution in [2.75, 3.05) is 53.4 Å². The first-order valence-corrected chi connectivity index (χ1v) is 11.2. The second-order valence-electron chi connectivity index (χ2n) is 9.45. The number of guanidine groups is 1. The van der Waals surface area contributed by atoms with Gasteiger partial charge in [-0.25, -0.2) is 4.79 Å². The lowest BCUT2D eigenvalue weighted by molar-refractivity contribution is 0.0154. The van der Waals surface area contributed by atoms with Crippen molar-refractivity contribution in [2.24, 2.45) is 4.99 Å². The first-order chi connectivity index (χ1) is 14.7. The van der Waals surface area contributed by atoms with Crippen LogP contribution in [0.3, 0.4) is 0 Å². The zero-order valence-corrected chi connectivity index (χ0v) is 22.4. The second kappa shape index (κ2) is 12.0. The molecule has 2 N–H and O–H groups in total. The van der Waals surface area contributed by atoms with Crippen molar-refractivity contribution in [1.82, 2.24) is 25.3 Å². The summed E-state index contributed by atoms with van der Waals surface area (Å²) < 4.78 is 5.41. The van der Waals surface area contributed by atoms with Crippen molar-refractivity contribution in [3.63, 3.8) is 0 Å². The number of ether oxygens (including phenoxy) is 1. The van der Waals surface area contributed by atoms with Crippen LogP contribution in [0.5, 0.6) is 0 Å². The van der Waals surface area contributed by atoms with Crippen molar-refractivity contribution in [1.29, 1.82) is 0 Å². The Labute approximate surface area is 209 Å². The van der Waals surface area contributed by atoms with Crippen LogP contribution >= 0.6 is 24.0 Å². The molecule has 3 fully saturated rings. The predicted octanol–water partition coefficient (Wildman–Crippen LogP) is 2.34. The van der Waals surface area contributed by atoms with E-state index in [0.29, 0.717) is 19.1 Å². The minimum atomic E-state index is -0.487. The molecule has 32 heavy (non-hydrogen) atoms. The van der Waals surface area contributed by atoms with Gasteiger partial charge in [-0.05, 0) is 31.9 Å². The molecule has 3 aliphatic rings. The number of amides is 1. The average Bonchev–Trinajstić information content (AvgIpc) is 2.74. The number of carbonyl (C=O) groups excluding carboxylic acids is 1. The smallest absolute Gasteiger partial charge is 0.410 e. The van der Waals surface area contributed by atoms with Gasteiger partial charge in [-0.15, -0.1) is 24.0 Å². The average molecular weight is 559 g/mol. The number of hydrogen-bond donors (Lipinski definition) is 2. The van der Waals surface area contributed by atoms with Crippen molar-refractivity contribution in [3.05, 3.63) is 35.4 Å². The third-order valence-electron chi connectivity index (χ3n) is 5.73. The van der Waals surface area contributed by atoms with E-state index >= 15 is 0 Å². The lowest BCUT2D eigenvalue weighted by atomic mass is 10.1. The van der Waals surface area contributed by atoms with Gasteiger partial charge >= 0.3 is 6.09 Å². The van der Waals surface area contributed by atoms with Crippen molar-refractivity contribution in [2.45, 2.75) is 45.5 Å². The Morgan fingerprint density at radius 3 is 2.28 bits per heavy atom. The summed E-state index contributed by atoms with van der Waals surface area (Å²) in [5, 5.41) is 6.87. The summed E-state index contributed by atoms with van der Waals surface area (Å²) in [5.41, 5.74) is 1.74. The molecule has 0 saturated carbocycles. The van der Waals surface area contributed by atoms with Gasteiger partial charge in [0, 0.05) is 72.5 Å². The molecule has 3 heterocycles. The number of aliphatic imine (C=N–C) groups is 1. The maximum absolute atomic E-state index is 12.1. The predicted molar refractivity (Wildman–Crippen MR) is 140 cm³/mol. The number of benzene rings is 1. The van der Waals surface area contributed by atoms with E-state index in [4.69, 9.17) is 4.74 Å². The molecule has 1 unspecified atom stereocenters. The van der Waals surface area contributed by atoms with Gasteiger partial charge in [0.05, 0.1) is 0 Å². The number of fused-ring (bicyclic) bond motifs is 3. The van der Waals surface area contributed by atoms with Crippen LogP contribution in [0.2, 0.25) is 0 Å². The molecule has 0 radical (unpaired) electrons. The van der Waals surface area contributed by atoms with Gasteiger partial charge < -0.3 is 20.3 Å². The van der Waals surface area contributed by atoms with E-state index in [2.05, 4.69) is 49.7 Å². The molecule has 3 saturated heterocycles. The maximum Gasteiger partial charge on any atom is 0.410 e. The van der Waals surface area contributed by atoms with E-state index in [0.717, 1.165) is 24.6 Å². The summed E-state index contributed by atoms with van der Waals surface area (Å²) >= 11 is 0. The fraction of sp³-hybridized carbons (Fsp3) is 0.652. The molecular formula is C23H39IN6O2.